The van der Waals surface area contributed by atoms with Crippen molar-refractivity contribution in [1.29, 1.82) is 0 Å². The van der Waals surface area contributed by atoms with Crippen molar-refractivity contribution >= 4 is 29.3 Å². The van der Waals surface area contributed by atoms with E-state index in [0.717, 1.165) is 43.1 Å². The molecule has 3 rings (SSSR count). The minimum Gasteiger partial charge on any atom is -0.473 e. The number of hydrogen-bond acceptors (Lipinski definition) is 4. The topological polar surface area (TPSA) is 99.0 Å². The van der Waals surface area contributed by atoms with Gasteiger partial charge in [0, 0.05) is 22.7 Å². The van der Waals surface area contributed by atoms with Crippen LogP contribution in [0.4, 0.5) is 0 Å². The number of benzene rings is 2. The first-order chi connectivity index (χ1) is 13.4. The van der Waals surface area contributed by atoms with Gasteiger partial charge >= 0.3 is 11.9 Å². The lowest BCUT2D eigenvalue weighted by Gasteiger charge is -2.11. The Hall–Kier alpha value is -2.70. The van der Waals surface area contributed by atoms with E-state index in [2.05, 4.69) is 41.7 Å². The molecular formula is C21H23ClN2O4. The zero-order valence-corrected chi connectivity index (χ0v) is 16.4. The van der Waals surface area contributed by atoms with Crippen molar-refractivity contribution in [3.63, 3.8) is 0 Å². The van der Waals surface area contributed by atoms with Gasteiger partial charge in [-0.1, -0.05) is 41.9 Å². The molecule has 0 amide bonds. The first-order valence-electron chi connectivity index (χ1n) is 8.96. The van der Waals surface area contributed by atoms with Crippen LogP contribution in [0.3, 0.4) is 0 Å². The van der Waals surface area contributed by atoms with Crippen LogP contribution in [-0.4, -0.2) is 48.0 Å². The molecule has 0 bridgehead atoms. The van der Waals surface area contributed by atoms with Gasteiger partial charge in [0.05, 0.1) is 5.71 Å². The quantitative estimate of drug-likeness (QED) is 0.539. The van der Waals surface area contributed by atoms with Gasteiger partial charge in [0.2, 0.25) is 0 Å². The molecule has 0 aromatic heterocycles. The molecule has 2 aromatic carbocycles. The van der Waals surface area contributed by atoms with E-state index in [1.165, 1.54) is 22.3 Å². The van der Waals surface area contributed by atoms with Crippen molar-refractivity contribution in [2.24, 2.45) is 4.99 Å². The Morgan fingerprint density at radius 2 is 1.68 bits per heavy atom. The number of carboxylic acids is 2. The summed E-state index contributed by atoms with van der Waals surface area (Å²) in [4.78, 5) is 23.1. The summed E-state index contributed by atoms with van der Waals surface area (Å²) < 4.78 is 0. The molecule has 0 saturated heterocycles. The maximum Gasteiger partial charge on any atom is 0.414 e. The molecular weight excluding hydrogens is 380 g/mol. The highest BCUT2D eigenvalue weighted by Gasteiger charge is 2.19. The second-order valence-corrected chi connectivity index (χ2v) is 6.69. The molecule has 148 valence electrons. The van der Waals surface area contributed by atoms with Crippen molar-refractivity contribution in [2.75, 3.05) is 20.1 Å². The van der Waals surface area contributed by atoms with Crippen LogP contribution in [0.5, 0.6) is 0 Å². The number of nitrogens with one attached hydrogen (secondary N) is 1. The fourth-order valence-electron chi connectivity index (χ4n) is 2.99. The minimum absolute atomic E-state index is 0.779. The smallest absolute Gasteiger partial charge is 0.414 e. The first-order valence-corrected chi connectivity index (χ1v) is 9.34. The monoisotopic (exact) mass is 402 g/mol. The second-order valence-electron chi connectivity index (χ2n) is 6.26. The van der Waals surface area contributed by atoms with Crippen LogP contribution in [0.2, 0.25) is 5.02 Å². The summed E-state index contributed by atoms with van der Waals surface area (Å²) in [5.41, 5.74) is 6.27. The standard InChI is InChI=1S/C19H21ClN2.C2H2O4/c1-21-11-4-12-22-19-17-6-3-2-5-14(17)7-8-15-9-10-16(20)13-18(15)19;3-1(4)2(5)6/h2-3,5-6,9-10,13,21H,4,7-8,11-12H2,1H3;(H,3,4)(H,5,6). The normalized spacial score (nSPS) is 13.6. The molecule has 2 aromatic rings. The highest BCUT2D eigenvalue weighted by atomic mass is 35.5. The molecule has 28 heavy (non-hydrogen) atoms. The molecule has 6 nitrogen and oxygen atoms in total. The lowest BCUT2D eigenvalue weighted by atomic mass is 9.98. The van der Waals surface area contributed by atoms with Crippen molar-refractivity contribution < 1.29 is 19.8 Å². The molecule has 0 atom stereocenters. The molecule has 0 saturated carbocycles. The van der Waals surface area contributed by atoms with Crippen LogP contribution >= 0.6 is 11.6 Å². The number of carboxylic acid groups (broad SMARTS) is 2. The second kappa shape index (κ2) is 10.6. The Morgan fingerprint density at radius 3 is 2.32 bits per heavy atom. The number of rotatable bonds is 4. The molecule has 0 spiro atoms. The van der Waals surface area contributed by atoms with Crippen molar-refractivity contribution in [1.82, 2.24) is 5.32 Å². The lowest BCUT2D eigenvalue weighted by molar-refractivity contribution is -0.159. The van der Waals surface area contributed by atoms with Crippen molar-refractivity contribution in [2.45, 2.75) is 19.3 Å². The molecule has 0 unspecified atom stereocenters. The van der Waals surface area contributed by atoms with E-state index in [0.29, 0.717) is 0 Å². The summed E-state index contributed by atoms with van der Waals surface area (Å²) in [6.07, 6.45) is 3.14. The number of halogens is 1. The summed E-state index contributed by atoms with van der Waals surface area (Å²) >= 11 is 6.24. The number of fused-ring (bicyclic) bond motifs is 2. The minimum atomic E-state index is -1.82. The van der Waals surface area contributed by atoms with E-state index in [9.17, 15) is 0 Å². The van der Waals surface area contributed by atoms with E-state index in [-0.39, 0.29) is 0 Å². The zero-order chi connectivity index (χ0) is 20.5. The fraction of sp³-hybridized carbons (Fsp3) is 0.286. The van der Waals surface area contributed by atoms with E-state index >= 15 is 0 Å². The zero-order valence-electron chi connectivity index (χ0n) is 15.6. The molecule has 3 N–H and O–H groups in total. The highest BCUT2D eigenvalue weighted by molar-refractivity contribution is 6.31. The maximum atomic E-state index is 9.10. The van der Waals surface area contributed by atoms with Gasteiger partial charge in [-0.25, -0.2) is 9.59 Å². The number of aliphatic carboxylic acids is 2. The summed E-state index contributed by atoms with van der Waals surface area (Å²) in [6, 6.07) is 14.8. The summed E-state index contributed by atoms with van der Waals surface area (Å²) in [5.74, 6) is -3.65. The third kappa shape index (κ3) is 5.90. The predicted molar refractivity (Wildman–Crippen MR) is 110 cm³/mol. The summed E-state index contributed by atoms with van der Waals surface area (Å²) in [6.45, 7) is 1.82. The maximum absolute atomic E-state index is 9.10. The molecule has 1 aliphatic rings. The number of aliphatic imine (C=N–C) groups is 1. The molecule has 1 aliphatic carbocycles. The fourth-order valence-corrected chi connectivity index (χ4v) is 3.16. The van der Waals surface area contributed by atoms with Gasteiger partial charge < -0.3 is 15.5 Å². The first kappa shape index (κ1) is 21.6. The Balaban J connectivity index is 0.000000409. The third-order valence-electron chi connectivity index (χ3n) is 4.30. The van der Waals surface area contributed by atoms with Gasteiger partial charge in [0.1, 0.15) is 0 Å². The predicted octanol–water partition coefficient (Wildman–Crippen LogP) is 3.04. The van der Waals surface area contributed by atoms with Crippen LogP contribution in [0, 0.1) is 0 Å². The Bertz CT molecular complexity index is 868. The van der Waals surface area contributed by atoms with Gasteiger partial charge in [-0.15, -0.1) is 0 Å². The molecule has 0 aliphatic heterocycles. The van der Waals surface area contributed by atoms with Crippen molar-refractivity contribution in [3.8, 4) is 0 Å². The van der Waals surface area contributed by atoms with Gasteiger partial charge in [-0.05, 0) is 56.1 Å². The van der Waals surface area contributed by atoms with E-state index < -0.39 is 11.9 Å². The Kier molecular flexibility index (Phi) is 8.17. The number of hydrogen-bond donors (Lipinski definition) is 3. The van der Waals surface area contributed by atoms with Crippen LogP contribution < -0.4 is 5.32 Å². The SMILES string of the molecule is CNCCCN=C1c2ccccc2CCc2ccc(Cl)cc21.O=C(O)C(=O)O. The van der Waals surface area contributed by atoms with Crippen molar-refractivity contribution in [3.05, 3.63) is 69.7 Å². The lowest BCUT2D eigenvalue weighted by Crippen LogP contribution is -2.11. The largest absolute Gasteiger partial charge is 0.473 e. The summed E-state index contributed by atoms with van der Waals surface area (Å²) in [5, 5.41) is 18.7. The van der Waals surface area contributed by atoms with Crippen LogP contribution in [0.1, 0.15) is 28.7 Å². The summed E-state index contributed by atoms with van der Waals surface area (Å²) in [7, 11) is 1.98. The number of carbonyl (C=O) groups is 2. The highest BCUT2D eigenvalue weighted by Crippen LogP contribution is 2.27. The van der Waals surface area contributed by atoms with E-state index in [1.54, 1.807) is 0 Å². The van der Waals surface area contributed by atoms with Crippen LogP contribution in [-0.2, 0) is 22.4 Å². The number of nitrogens with zero attached hydrogens (tertiary/aromatic N) is 1. The average Bonchev–Trinajstić information content (AvgIpc) is 2.82. The molecule has 0 fully saturated rings. The molecule has 7 heteroatoms. The van der Waals surface area contributed by atoms with Gasteiger partial charge in [0.15, 0.2) is 0 Å². The van der Waals surface area contributed by atoms with Crippen LogP contribution in [0.25, 0.3) is 0 Å². The van der Waals surface area contributed by atoms with Crippen LogP contribution in [0.15, 0.2) is 47.5 Å². The third-order valence-corrected chi connectivity index (χ3v) is 4.54. The molecule has 0 radical (unpaired) electrons. The van der Waals surface area contributed by atoms with E-state index in [1.807, 2.05) is 13.1 Å². The Labute approximate surface area is 168 Å². The number of aryl methyl sites for hydroxylation is 2. The van der Waals surface area contributed by atoms with E-state index in [4.69, 9.17) is 36.4 Å². The van der Waals surface area contributed by atoms with Gasteiger partial charge in [0.25, 0.3) is 0 Å². The van der Waals surface area contributed by atoms with Gasteiger partial charge in [-0.2, -0.15) is 0 Å². The average molecular weight is 403 g/mol. The van der Waals surface area contributed by atoms with Gasteiger partial charge in [-0.3, -0.25) is 4.99 Å². The molecule has 0 heterocycles. The Morgan fingerprint density at radius 1 is 1.04 bits per heavy atom.